The number of sulfonamides is 1. The van der Waals surface area contributed by atoms with Crippen LogP contribution in [0.2, 0.25) is 0 Å². The van der Waals surface area contributed by atoms with Crippen LogP contribution in [0.3, 0.4) is 0 Å². The Hall–Kier alpha value is -2.94. The third kappa shape index (κ3) is 6.37. The van der Waals surface area contributed by atoms with Crippen molar-refractivity contribution in [1.29, 1.82) is 0 Å². The number of benzene rings is 2. The lowest BCUT2D eigenvalue weighted by molar-refractivity contribution is -0.116. The Morgan fingerprint density at radius 3 is 2.30 bits per heavy atom. The van der Waals surface area contributed by atoms with Crippen LogP contribution in [0.5, 0.6) is 0 Å². The largest absolute Gasteiger partial charge is 0.326 e. The van der Waals surface area contributed by atoms with Crippen LogP contribution in [0.4, 0.5) is 21.5 Å². The van der Waals surface area contributed by atoms with Gasteiger partial charge in [-0.3, -0.25) is 13.9 Å². The zero-order valence-corrected chi connectivity index (χ0v) is 15.7. The van der Waals surface area contributed by atoms with Crippen LogP contribution in [-0.2, 0) is 19.6 Å². The first-order chi connectivity index (χ1) is 12.6. The smallest absolute Gasteiger partial charge is 0.232 e. The highest BCUT2D eigenvalue weighted by Gasteiger charge is 2.19. The molecule has 7 nitrogen and oxygen atoms in total. The molecule has 0 saturated heterocycles. The maximum Gasteiger partial charge on any atom is 0.232 e. The van der Waals surface area contributed by atoms with Gasteiger partial charge in [-0.25, -0.2) is 12.8 Å². The van der Waals surface area contributed by atoms with Gasteiger partial charge in [0.1, 0.15) is 5.82 Å². The molecule has 0 aliphatic carbocycles. The highest BCUT2D eigenvalue weighted by Crippen LogP contribution is 2.22. The predicted octanol–water partition coefficient (Wildman–Crippen LogP) is 2.58. The molecule has 27 heavy (non-hydrogen) atoms. The van der Waals surface area contributed by atoms with Crippen LogP contribution < -0.4 is 14.9 Å². The van der Waals surface area contributed by atoms with Gasteiger partial charge in [0.25, 0.3) is 0 Å². The Balaban J connectivity index is 2.10. The van der Waals surface area contributed by atoms with Gasteiger partial charge in [0.2, 0.25) is 21.8 Å². The van der Waals surface area contributed by atoms with E-state index in [1.807, 2.05) is 0 Å². The van der Waals surface area contributed by atoms with Gasteiger partial charge in [-0.15, -0.1) is 0 Å². The highest BCUT2D eigenvalue weighted by atomic mass is 32.2. The van der Waals surface area contributed by atoms with Gasteiger partial charge in [-0.1, -0.05) is 6.07 Å². The fourth-order valence-corrected chi connectivity index (χ4v) is 3.31. The van der Waals surface area contributed by atoms with Crippen molar-refractivity contribution in [3.8, 4) is 0 Å². The summed E-state index contributed by atoms with van der Waals surface area (Å²) < 4.78 is 38.3. The SMILES string of the molecule is CC(=O)Nc1cccc(N(CCC(=O)Nc2ccc(F)cc2)S(C)(=O)=O)c1. The second-order valence-corrected chi connectivity index (χ2v) is 7.78. The second-order valence-electron chi connectivity index (χ2n) is 5.87. The number of amides is 2. The van der Waals surface area contributed by atoms with Crippen molar-refractivity contribution in [2.45, 2.75) is 13.3 Å². The molecule has 2 amide bonds. The maximum absolute atomic E-state index is 12.9. The number of carbonyl (C=O) groups excluding carboxylic acids is 2. The van der Waals surface area contributed by atoms with Crippen molar-refractivity contribution in [3.05, 3.63) is 54.3 Å². The summed E-state index contributed by atoms with van der Waals surface area (Å²) in [5.41, 5.74) is 1.20. The predicted molar refractivity (Wildman–Crippen MR) is 103 cm³/mol. The number of halogens is 1. The lowest BCUT2D eigenvalue weighted by Crippen LogP contribution is -2.33. The Morgan fingerprint density at radius 2 is 1.70 bits per heavy atom. The molecule has 0 fully saturated rings. The first-order valence-electron chi connectivity index (χ1n) is 8.06. The third-order valence-corrected chi connectivity index (χ3v) is 4.72. The van der Waals surface area contributed by atoms with E-state index in [0.29, 0.717) is 17.1 Å². The van der Waals surface area contributed by atoms with Crippen molar-refractivity contribution < 1.29 is 22.4 Å². The summed E-state index contributed by atoms with van der Waals surface area (Å²) in [6.45, 7) is 1.26. The van der Waals surface area contributed by atoms with E-state index in [0.717, 1.165) is 10.6 Å². The molecule has 2 aromatic carbocycles. The van der Waals surface area contributed by atoms with E-state index in [-0.39, 0.29) is 18.9 Å². The molecule has 2 rings (SSSR count). The van der Waals surface area contributed by atoms with E-state index in [1.54, 1.807) is 18.2 Å². The van der Waals surface area contributed by atoms with E-state index in [1.165, 1.54) is 37.3 Å². The summed E-state index contributed by atoms with van der Waals surface area (Å²) in [6, 6.07) is 11.6. The molecule has 2 aromatic rings. The zero-order chi connectivity index (χ0) is 20.0. The minimum Gasteiger partial charge on any atom is -0.326 e. The summed E-state index contributed by atoms with van der Waals surface area (Å²) in [4.78, 5) is 23.3. The number of hydrogen-bond acceptors (Lipinski definition) is 4. The molecule has 0 spiro atoms. The topological polar surface area (TPSA) is 95.6 Å². The molecule has 0 aliphatic heterocycles. The lowest BCUT2D eigenvalue weighted by Gasteiger charge is -2.22. The number of rotatable bonds is 7. The average Bonchev–Trinajstić information content (AvgIpc) is 2.55. The minimum atomic E-state index is -3.65. The van der Waals surface area contributed by atoms with E-state index >= 15 is 0 Å². The van der Waals surface area contributed by atoms with Crippen LogP contribution in [-0.4, -0.2) is 33.0 Å². The monoisotopic (exact) mass is 393 g/mol. The maximum atomic E-state index is 12.9. The first-order valence-corrected chi connectivity index (χ1v) is 9.91. The van der Waals surface area contributed by atoms with Crippen LogP contribution in [0.25, 0.3) is 0 Å². The van der Waals surface area contributed by atoms with Crippen LogP contribution in [0.15, 0.2) is 48.5 Å². The van der Waals surface area contributed by atoms with E-state index < -0.39 is 21.7 Å². The van der Waals surface area contributed by atoms with Gasteiger partial charge in [0.05, 0.1) is 11.9 Å². The van der Waals surface area contributed by atoms with Gasteiger partial charge >= 0.3 is 0 Å². The van der Waals surface area contributed by atoms with E-state index in [2.05, 4.69) is 10.6 Å². The number of nitrogens with zero attached hydrogens (tertiary/aromatic N) is 1. The van der Waals surface area contributed by atoms with Crippen molar-refractivity contribution in [1.82, 2.24) is 0 Å². The molecule has 144 valence electrons. The van der Waals surface area contributed by atoms with Gasteiger partial charge in [-0.05, 0) is 42.5 Å². The summed E-state index contributed by atoms with van der Waals surface area (Å²) in [5, 5.41) is 5.16. The molecular formula is C18H20FN3O4S. The second kappa shape index (κ2) is 8.63. The van der Waals surface area contributed by atoms with Crippen molar-refractivity contribution >= 4 is 38.9 Å². The summed E-state index contributed by atoms with van der Waals surface area (Å²) in [7, 11) is -3.65. The van der Waals surface area contributed by atoms with E-state index in [9.17, 15) is 22.4 Å². The Labute approximate surface area is 157 Å². The number of carbonyl (C=O) groups is 2. The zero-order valence-electron chi connectivity index (χ0n) is 14.9. The van der Waals surface area contributed by atoms with Crippen LogP contribution in [0, 0.1) is 5.82 Å². The normalized spacial score (nSPS) is 10.9. The molecule has 0 saturated carbocycles. The average molecular weight is 393 g/mol. The molecule has 2 N–H and O–H groups in total. The van der Waals surface area contributed by atoms with Crippen molar-refractivity contribution in [2.24, 2.45) is 0 Å². The summed E-state index contributed by atoms with van der Waals surface area (Å²) in [5.74, 6) is -1.11. The highest BCUT2D eigenvalue weighted by molar-refractivity contribution is 7.92. The fraction of sp³-hybridized carbons (Fsp3) is 0.222. The Morgan fingerprint density at radius 1 is 1.04 bits per heavy atom. The molecule has 0 aliphatic rings. The molecule has 0 aromatic heterocycles. The standard InChI is InChI=1S/C18H20FN3O4S/c1-13(23)20-16-4-3-5-17(12-16)22(27(2,25)26)11-10-18(24)21-15-8-6-14(19)7-9-15/h3-9,12H,10-11H2,1-2H3,(H,20,23)(H,21,24). The van der Waals surface area contributed by atoms with Gasteiger partial charge < -0.3 is 10.6 Å². The fourth-order valence-electron chi connectivity index (χ4n) is 2.39. The quantitative estimate of drug-likeness (QED) is 0.756. The molecule has 0 unspecified atom stereocenters. The first kappa shape index (κ1) is 20.4. The number of anilines is 3. The van der Waals surface area contributed by atoms with Gasteiger partial charge in [-0.2, -0.15) is 0 Å². The van der Waals surface area contributed by atoms with Gasteiger partial charge in [0.15, 0.2) is 0 Å². The molecule has 9 heteroatoms. The minimum absolute atomic E-state index is 0.0879. The molecule has 0 heterocycles. The number of nitrogens with one attached hydrogen (secondary N) is 2. The summed E-state index contributed by atoms with van der Waals surface area (Å²) >= 11 is 0. The third-order valence-electron chi connectivity index (χ3n) is 3.52. The van der Waals surface area contributed by atoms with Crippen molar-refractivity contribution in [2.75, 3.05) is 27.7 Å². The van der Waals surface area contributed by atoms with E-state index in [4.69, 9.17) is 0 Å². The van der Waals surface area contributed by atoms with Crippen LogP contribution in [0.1, 0.15) is 13.3 Å². The summed E-state index contributed by atoms with van der Waals surface area (Å²) in [6.07, 6.45) is 0.935. The van der Waals surface area contributed by atoms with Crippen molar-refractivity contribution in [3.63, 3.8) is 0 Å². The van der Waals surface area contributed by atoms with Gasteiger partial charge in [0, 0.05) is 31.3 Å². The molecule has 0 radical (unpaired) electrons. The molecular weight excluding hydrogens is 373 g/mol. The number of hydrogen-bond donors (Lipinski definition) is 2. The van der Waals surface area contributed by atoms with Crippen LogP contribution >= 0.6 is 0 Å². The molecule has 0 atom stereocenters. The Kier molecular flexibility index (Phi) is 6.51. The lowest BCUT2D eigenvalue weighted by atomic mass is 10.2. The molecule has 0 bridgehead atoms. The Bertz CT molecular complexity index is 930.